The fourth-order valence-electron chi connectivity index (χ4n) is 5.67. The van der Waals surface area contributed by atoms with E-state index >= 15 is 0 Å². The minimum absolute atomic E-state index is 0.0809. The van der Waals surface area contributed by atoms with Crippen molar-refractivity contribution < 1.29 is 13.6 Å². The highest BCUT2D eigenvalue weighted by atomic mass is 19.3. The van der Waals surface area contributed by atoms with Gasteiger partial charge < -0.3 is 10.2 Å². The molecule has 1 N–H and O–H groups in total. The van der Waals surface area contributed by atoms with Crippen molar-refractivity contribution in [1.82, 2.24) is 9.88 Å². The standard InChI is InChI=1S/C33H33F2N5O/c34-33(35)11-14-40(15-12-33)22-24-16-27(20-36-19-24)26-7-6-25-10-13-37-31(30(25)18-26)32(41)39-29-9-8-28(38-21-29)17-23-4-2-1-3-5-23/h1-9,16,18,20-21,24H,10-15,17,19,22H2,(H,39,41). The number of hydrogen-bond donors (Lipinski definition) is 1. The first-order chi connectivity index (χ1) is 19.9. The smallest absolute Gasteiger partial charge is 0.274 e. The van der Waals surface area contributed by atoms with Gasteiger partial charge in [0.1, 0.15) is 5.71 Å². The number of piperidine rings is 1. The summed E-state index contributed by atoms with van der Waals surface area (Å²) in [7, 11) is 0. The summed E-state index contributed by atoms with van der Waals surface area (Å²) in [5.74, 6) is -2.64. The first kappa shape index (κ1) is 27.1. The molecule has 0 aliphatic carbocycles. The molecule has 1 aromatic heterocycles. The molecule has 0 spiro atoms. The van der Waals surface area contributed by atoms with E-state index in [1.54, 1.807) is 6.20 Å². The highest BCUT2D eigenvalue weighted by Crippen LogP contribution is 2.29. The van der Waals surface area contributed by atoms with Crippen molar-refractivity contribution in [2.75, 3.05) is 38.0 Å². The molecule has 8 heteroatoms. The summed E-state index contributed by atoms with van der Waals surface area (Å²) in [5, 5.41) is 2.97. The Kier molecular flexibility index (Phi) is 7.83. The summed E-state index contributed by atoms with van der Waals surface area (Å²) >= 11 is 0. The van der Waals surface area contributed by atoms with Crippen LogP contribution in [-0.2, 0) is 17.6 Å². The van der Waals surface area contributed by atoms with Gasteiger partial charge in [0.25, 0.3) is 11.8 Å². The molecule has 0 bridgehead atoms. The minimum Gasteiger partial charge on any atom is -0.319 e. The van der Waals surface area contributed by atoms with Gasteiger partial charge in [0.15, 0.2) is 0 Å². The summed E-state index contributed by atoms with van der Waals surface area (Å²) in [6.45, 7) is 2.75. The molecule has 2 aromatic carbocycles. The number of alkyl halides is 2. The van der Waals surface area contributed by atoms with E-state index in [9.17, 15) is 13.6 Å². The van der Waals surface area contributed by atoms with Gasteiger partial charge >= 0.3 is 0 Å². The number of nitrogens with zero attached hydrogens (tertiary/aromatic N) is 4. The normalized spacial score (nSPS) is 20.1. The maximum Gasteiger partial charge on any atom is 0.274 e. The van der Waals surface area contributed by atoms with Crippen LogP contribution in [0.3, 0.4) is 0 Å². The average Bonchev–Trinajstić information content (AvgIpc) is 2.99. The number of nitrogens with one attached hydrogen (secondary N) is 1. The maximum absolute atomic E-state index is 13.6. The molecule has 1 unspecified atom stereocenters. The van der Waals surface area contributed by atoms with Gasteiger partial charge in [-0.3, -0.25) is 19.8 Å². The van der Waals surface area contributed by atoms with Crippen molar-refractivity contribution in [2.24, 2.45) is 15.9 Å². The number of hydrogen-bond acceptors (Lipinski definition) is 5. The lowest BCUT2D eigenvalue weighted by Crippen LogP contribution is -2.42. The molecule has 4 heterocycles. The predicted molar refractivity (Wildman–Crippen MR) is 159 cm³/mol. The van der Waals surface area contributed by atoms with Crippen molar-refractivity contribution in [3.63, 3.8) is 0 Å². The first-order valence-electron chi connectivity index (χ1n) is 14.2. The van der Waals surface area contributed by atoms with Gasteiger partial charge in [-0.15, -0.1) is 0 Å². The molecule has 6 rings (SSSR count). The Bertz CT molecular complexity index is 1490. The van der Waals surface area contributed by atoms with Crippen LogP contribution in [0.25, 0.3) is 5.57 Å². The molecule has 41 heavy (non-hydrogen) atoms. The molecular formula is C33H33F2N5O. The number of allylic oxidation sites excluding steroid dienone is 1. The van der Waals surface area contributed by atoms with E-state index in [-0.39, 0.29) is 24.7 Å². The zero-order valence-electron chi connectivity index (χ0n) is 22.9. The maximum atomic E-state index is 13.6. The number of dihydropyridines is 1. The molecule has 6 nitrogen and oxygen atoms in total. The van der Waals surface area contributed by atoms with Gasteiger partial charge in [0.2, 0.25) is 0 Å². The van der Waals surface area contributed by atoms with Gasteiger partial charge in [0.05, 0.1) is 11.9 Å². The number of carbonyl (C=O) groups excluding carboxylic acids is 1. The largest absolute Gasteiger partial charge is 0.319 e. The van der Waals surface area contributed by atoms with Gasteiger partial charge in [-0.1, -0.05) is 48.5 Å². The Labute approximate surface area is 238 Å². The van der Waals surface area contributed by atoms with E-state index in [1.165, 1.54) is 5.56 Å². The molecule has 1 saturated heterocycles. The van der Waals surface area contributed by atoms with Crippen LogP contribution in [0.15, 0.2) is 82.9 Å². The second-order valence-corrected chi connectivity index (χ2v) is 11.0. The molecule has 3 aliphatic heterocycles. The van der Waals surface area contributed by atoms with Gasteiger partial charge in [-0.2, -0.15) is 0 Å². The monoisotopic (exact) mass is 553 g/mol. The molecule has 1 atom stereocenters. The SMILES string of the molecule is O=C(Nc1ccc(Cc2ccccc2)nc1)C1=NCCc2ccc(C3=CC(CN4CCC(F)(F)CC4)CN=C3)cc21. The highest BCUT2D eigenvalue weighted by molar-refractivity contribution is 6.49. The Morgan fingerprint density at radius 3 is 2.66 bits per heavy atom. The van der Waals surface area contributed by atoms with Crippen LogP contribution in [0.2, 0.25) is 0 Å². The number of anilines is 1. The Balaban J connectivity index is 1.14. The van der Waals surface area contributed by atoms with E-state index in [0.29, 0.717) is 37.6 Å². The zero-order chi connectivity index (χ0) is 28.2. The van der Waals surface area contributed by atoms with Gasteiger partial charge in [-0.25, -0.2) is 8.78 Å². The second kappa shape index (κ2) is 11.8. The predicted octanol–water partition coefficient (Wildman–Crippen LogP) is 5.47. The lowest BCUT2D eigenvalue weighted by molar-refractivity contribution is -0.110. The lowest BCUT2D eigenvalue weighted by Gasteiger charge is -2.33. The lowest BCUT2D eigenvalue weighted by atomic mass is 9.90. The van der Waals surface area contributed by atoms with Crippen molar-refractivity contribution in [2.45, 2.75) is 31.6 Å². The summed E-state index contributed by atoms with van der Waals surface area (Å²) in [6, 6.07) is 20.1. The van der Waals surface area contributed by atoms with Crippen molar-refractivity contribution in [3.8, 4) is 0 Å². The fraction of sp³-hybridized carbons (Fsp3) is 0.333. The molecular weight excluding hydrogens is 520 g/mol. The third-order valence-electron chi connectivity index (χ3n) is 7.94. The third kappa shape index (κ3) is 6.65. The number of aromatic nitrogens is 1. The van der Waals surface area contributed by atoms with Crippen molar-refractivity contribution in [1.29, 1.82) is 0 Å². The van der Waals surface area contributed by atoms with Crippen LogP contribution in [-0.4, -0.2) is 66.4 Å². The van der Waals surface area contributed by atoms with E-state index < -0.39 is 5.92 Å². The van der Waals surface area contributed by atoms with Gasteiger partial charge in [0, 0.05) is 75.4 Å². The van der Waals surface area contributed by atoms with E-state index in [4.69, 9.17) is 0 Å². The van der Waals surface area contributed by atoms with E-state index in [1.807, 2.05) is 42.6 Å². The summed E-state index contributed by atoms with van der Waals surface area (Å²) < 4.78 is 27.1. The van der Waals surface area contributed by atoms with Crippen LogP contribution in [0.5, 0.6) is 0 Å². The number of halogens is 2. The van der Waals surface area contributed by atoms with Crippen LogP contribution < -0.4 is 5.32 Å². The topological polar surface area (TPSA) is 70.0 Å². The summed E-state index contributed by atoms with van der Waals surface area (Å²) in [5.41, 5.74) is 7.02. The Morgan fingerprint density at radius 2 is 1.88 bits per heavy atom. The number of aliphatic imine (C=N–C) groups is 2. The number of rotatable bonds is 7. The molecule has 1 amide bonds. The van der Waals surface area contributed by atoms with Crippen LogP contribution in [0.4, 0.5) is 14.5 Å². The van der Waals surface area contributed by atoms with Gasteiger partial charge in [-0.05, 0) is 46.9 Å². The highest BCUT2D eigenvalue weighted by Gasteiger charge is 2.34. The number of carbonyl (C=O) groups is 1. The van der Waals surface area contributed by atoms with Crippen LogP contribution in [0, 0.1) is 5.92 Å². The fourth-order valence-corrected chi connectivity index (χ4v) is 5.67. The number of likely N-dealkylation sites (tertiary alicyclic amines) is 1. The Hall–Kier alpha value is -4.04. The second-order valence-electron chi connectivity index (χ2n) is 11.0. The third-order valence-corrected chi connectivity index (χ3v) is 7.94. The first-order valence-corrected chi connectivity index (χ1v) is 14.2. The van der Waals surface area contributed by atoms with Crippen molar-refractivity contribution in [3.05, 3.63) is 101 Å². The van der Waals surface area contributed by atoms with Crippen LogP contribution >= 0.6 is 0 Å². The Morgan fingerprint density at radius 1 is 1.05 bits per heavy atom. The quantitative estimate of drug-likeness (QED) is 0.422. The average molecular weight is 554 g/mol. The molecule has 210 valence electrons. The molecule has 0 saturated carbocycles. The number of pyridine rings is 1. The minimum atomic E-state index is -2.54. The summed E-state index contributed by atoms with van der Waals surface area (Å²) in [4.78, 5) is 29.2. The molecule has 3 aromatic rings. The number of amides is 1. The van der Waals surface area contributed by atoms with Crippen molar-refractivity contribution >= 4 is 29.1 Å². The van der Waals surface area contributed by atoms with E-state index in [2.05, 4.69) is 55.5 Å². The van der Waals surface area contributed by atoms with Crippen LogP contribution in [0.1, 0.15) is 40.8 Å². The number of fused-ring (bicyclic) bond motifs is 1. The van der Waals surface area contributed by atoms with E-state index in [0.717, 1.165) is 47.3 Å². The molecule has 1 fully saturated rings. The zero-order valence-corrected chi connectivity index (χ0v) is 22.9. The number of benzene rings is 2. The summed E-state index contributed by atoms with van der Waals surface area (Å²) in [6.07, 6.45) is 7.08. The molecule has 0 radical (unpaired) electrons. The molecule has 3 aliphatic rings.